The molecule has 0 rings (SSSR count). The maximum atomic E-state index is 9.92. The maximum absolute atomic E-state index is 9.92. The highest BCUT2D eigenvalue weighted by Crippen LogP contribution is 2.18. The zero-order chi connectivity index (χ0) is 24.8. The highest BCUT2D eigenvalue weighted by atomic mass is 35.5. The van der Waals surface area contributed by atoms with Gasteiger partial charge in [0, 0.05) is 18.8 Å². The van der Waals surface area contributed by atoms with E-state index in [0.717, 1.165) is 0 Å². The third-order valence-corrected chi connectivity index (χ3v) is 6.60. The quantitative estimate of drug-likeness (QED) is 0.0833. The van der Waals surface area contributed by atoms with Crippen molar-refractivity contribution >= 4 is 17.6 Å². The van der Waals surface area contributed by atoms with E-state index in [9.17, 15) is 4.79 Å². The van der Waals surface area contributed by atoms with Crippen LogP contribution < -0.4 is 5.73 Å². The van der Waals surface area contributed by atoms with Gasteiger partial charge in [0.1, 0.15) is 6.61 Å². The molecule has 0 atom stereocenters. The second kappa shape index (κ2) is 31.7. The molecule has 3 nitrogen and oxygen atoms in total. The number of alkyl halides is 1. The van der Waals surface area contributed by atoms with E-state index in [4.69, 9.17) is 17.3 Å². The van der Waals surface area contributed by atoms with Crippen molar-refractivity contribution in [1.29, 1.82) is 0 Å². The zero-order valence-corrected chi connectivity index (χ0v) is 23.6. The molecule has 0 aliphatic heterocycles. The van der Waals surface area contributed by atoms with E-state index < -0.39 is 0 Å². The number of hydrogen-bond acceptors (Lipinski definition) is 3. The van der Waals surface area contributed by atoms with E-state index in [2.05, 4.69) is 18.6 Å². The average molecular weight is 490 g/mol. The summed E-state index contributed by atoms with van der Waals surface area (Å²) in [7, 11) is 0. The lowest BCUT2D eigenvalue weighted by Crippen LogP contribution is -2.10. The van der Waals surface area contributed by atoms with Gasteiger partial charge in [0.05, 0.1) is 0 Å². The van der Waals surface area contributed by atoms with Crippen molar-refractivity contribution in [3.05, 3.63) is 0 Å². The minimum atomic E-state index is -0.273. The Morgan fingerprint density at radius 3 is 1.18 bits per heavy atom. The summed E-state index contributed by atoms with van der Waals surface area (Å²) in [5.41, 5.74) is 5.00. The van der Waals surface area contributed by atoms with Crippen LogP contribution in [0.1, 0.15) is 162 Å². The SMILES string of the molecule is CC(=O)OCCN.CCCCCCCCCCCCC(Cl)CCCCCCCCCCCC. The molecule has 0 aromatic rings. The number of nitrogens with two attached hydrogens (primary N) is 1. The van der Waals surface area contributed by atoms with Gasteiger partial charge in [0.25, 0.3) is 0 Å². The molecule has 0 aliphatic carbocycles. The lowest BCUT2D eigenvalue weighted by Gasteiger charge is -2.09. The monoisotopic (exact) mass is 489 g/mol. The first-order valence-corrected chi connectivity index (χ1v) is 15.0. The molecule has 33 heavy (non-hydrogen) atoms. The normalized spacial score (nSPS) is 10.8. The Bertz CT molecular complexity index is 342. The summed E-state index contributed by atoms with van der Waals surface area (Å²) in [5, 5.41) is 0.443. The van der Waals surface area contributed by atoms with E-state index in [1.165, 1.54) is 148 Å². The average Bonchev–Trinajstić information content (AvgIpc) is 2.80. The van der Waals surface area contributed by atoms with E-state index in [1.54, 1.807) is 0 Å². The number of carbonyl (C=O) groups excluding carboxylic acids is 1. The fourth-order valence-corrected chi connectivity index (χ4v) is 4.36. The van der Waals surface area contributed by atoms with Crippen LogP contribution in [0.3, 0.4) is 0 Å². The van der Waals surface area contributed by atoms with Crippen molar-refractivity contribution in [2.75, 3.05) is 13.2 Å². The summed E-state index contributed by atoms with van der Waals surface area (Å²) in [6.07, 6.45) is 30.9. The third-order valence-electron chi connectivity index (χ3n) is 6.16. The van der Waals surface area contributed by atoms with Crippen LogP contribution in [0, 0.1) is 0 Å². The fraction of sp³-hybridized carbons (Fsp3) is 0.966. The van der Waals surface area contributed by atoms with Crippen molar-refractivity contribution in [2.24, 2.45) is 5.73 Å². The van der Waals surface area contributed by atoms with Gasteiger partial charge in [0.15, 0.2) is 0 Å². The first-order valence-electron chi connectivity index (χ1n) is 14.6. The summed E-state index contributed by atoms with van der Waals surface area (Å²) in [5.74, 6) is -0.273. The molecule has 0 bridgehead atoms. The van der Waals surface area contributed by atoms with Crippen LogP contribution >= 0.6 is 11.6 Å². The number of halogens is 1. The number of rotatable bonds is 24. The standard InChI is InChI=1S/C25H51Cl.C4H9NO2/c1-3-5-7-9-11-13-15-17-19-21-23-25(26)24-22-20-18-16-14-12-10-8-6-4-2;1-4(6)7-3-2-5/h25H,3-24H2,1-2H3;2-3,5H2,1H3. The molecular formula is C29H60ClNO2. The first kappa shape index (κ1) is 34.9. The number of esters is 1. The Hall–Kier alpha value is -0.280. The molecule has 0 spiro atoms. The molecule has 0 aromatic carbocycles. The van der Waals surface area contributed by atoms with Crippen LogP contribution in [0.15, 0.2) is 0 Å². The van der Waals surface area contributed by atoms with Gasteiger partial charge in [-0.15, -0.1) is 11.6 Å². The molecule has 0 saturated carbocycles. The highest BCUT2D eigenvalue weighted by molar-refractivity contribution is 6.20. The van der Waals surface area contributed by atoms with E-state index in [-0.39, 0.29) is 5.97 Å². The van der Waals surface area contributed by atoms with Gasteiger partial charge < -0.3 is 10.5 Å². The summed E-state index contributed by atoms with van der Waals surface area (Å²) < 4.78 is 4.43. The summed E-state index contributed by atoms with van der Waals surface area (Å²) in [6.45, 7) is 6.67. The minimum Gasteiger partial charge on any atom is -0.465 e. The Balaban J connectivity index is 0. The van der Waals surface area contributed by atoms with Crippen LogP contribution in [0.4, 0.5) is 0 Å². The van der Waals surface area contributed by atoms with Crippen LogP contribution in [0.5, 0.6) is 0 Å². The van der Waals surface area contributed by atoms with Gasteiger partial charge in [0.2, 0.25) is 0 Å². The van der Waals surface area contributed by atoms with Gasteiger partial charge in [-0.05, 0) is 12.8 Å². The van der Waals surface area contributed by atoms with Crippen molar-refractivity contribution in [3.8, 4) is 0 Å². The second-order valence-electron chi connectivity index (χ2n) is 9.67. The highest BCUT2D eigenvalue weighted by Gasteiger charge is 2.04. The van der Waals surface area contributed by atoms with Gasteiger partial charge >= 0.3 is 5.97 Å². The molecule has 0 saturated heterocycles. The molecule has 4 heteroatoms. The molecule has 2 N–H and O–H groups in total. The third kappa shape index (κ3) is 36.5. The molecule has 200 valence electrons. The largest absolute Gasteiger partial charge is 0.465 e. The molecule has 0 heterocycles. The zero-order valence-electron chi connectivity index (χ0n) is 22.8. The predicted molar refractivity (Wildman–Crippen MR) is 148 cm³/mol. The molecule has 0 fully saturated rings. The van der Waals surface area contributed by atoms with Gasteiger partial charge in [-0.3, -0.25) is 4.79 Å². The summed E-state index contributed by atoms with van der Waals surface area (Å²) in [4.78, 5) is 9.92. The van der Waals surface area contributed by atoms with E-state index in [1.807, 2.05) is 0 Å². The predicted octanol–water partition coefficient (Wildman–Crippen LogP) is 9.72. The van der Waals surface area contributed by atoms with Gasteiger partial charge in [-0.25, -0.2) is 0 Å². The van der Waals surface area contributed by atoms with Gasteiger partial charge in [-0.2, -0.15) is 0 Å². The van der Waals surface area contributed by atoms with E-state index >= 15 is 0 Å². The number of unbranched alkanes of at least 4 members (excludes halogenated alkanes) is 18. The Morgan fingerprint density at radius 1 is 0.636 bits per heavy atom. The lowest BCUT2D eigenvalue weighted by molar-refractivity contribution is -0.140. The first-order chi connectivity index (χ1) is 16.1. The molecule has 0 unspecified atom stereocenters. The maximum Gasteiger partial charge on any atom is 0.302 e. The molecule has 0 aromatic heterocycles. The van der Waals surface area contributed by atoms with Crippen LogP contribution in [-0.4, -0.2) is 24.5 Å². The van der Waals surface area contributed by atoms with Gasteiger partial charge in [-0.1, -0.05) is 142 Å². The smallest absolute Gasteiger partial charge is 0.302 e. The summed E-state index contributed by atoms with van der Waals surface area (Å²) >= 11 is 6.50. The lowest BCUT2D eigenvalue weighted by atomic mass is 10.0. The van der Waals surface area contributed by atoms with Crippen molar-refractivity contribution in [1.82, 2.24) is 0 Å². The van der Waals surface area contributed by atoms with Crippen molar-refractivity contribution in [2.45, 2.75) is 167 Å². The van der Waals surface area contributed by atoms with Crippen molar-refractivity contribution < 1.29 is 9.53 Å². The Labute approximate surface area is 213 Å². The van der Waals surface area contributed by atoms with Crippen LogP contribution in [0.25, 0.3) is 0 Å². The molecule has 0 amide bonds. The number of carbonyl (C=O) groups is 1. The summed E-state index contributed by atoms with van der Waals surface area (Å²) in [6, 6.07) is 0. The second-order valence-corrected chi connectivity index (χ2v) is 10.3. The molecule has 0 radical (unpaired) electrons. The fourth-order valence-electron chi connectivity index (χ4n) is 4.05. The van der Waals surface area contributed by atoms with Crippen LogP contribution in [-0.2, 0) is 9.53 Å². The van der Waals surface area contributed by atoms with Crippen molar-refractivity contribution in [3.63, 3.8) is 0 Å². The molecular weight excluding hydrogens is 430 g/mol. The topological polar surface area (TPSA) is 52.3 Å². The Kier molecular flexibility index (Phi) is 33.5. The van der Waals surface area contributed by atoms with Crippen LogP contribution in [0.2, 0.25) is 0 Å². The number of ether oxygens (including phenoxy) is 1. The Morgan fingerprint density at radius 2 is 0.939 bits per heavy atom. The molecule has 0 aliphatic rings. The number of hydrogen-bond donors (Lipinski definition) is 1. The van der Waals surface area contributed by atoms with E-state index in [0.29, 0.717) is 18.5 Å². The minimum absolute atomic E-state index is 0.273.